The first-order valence-electron chi connectivity index (χ1n) is 6.38. The molecule has 1 N–H and O–H groups in total. The van der Waals surface area contributed by atoms with Crippen molar-refractivity contribution in [2.24, 2.45) is 0 Å². The van der Waals surface area contributed by atoms with Gasteiger partial charge in [0.15, 0.2) is 0 Å². The normalized spacial score (nSPS) is 11.8. The number of sulfone groups is 1. The number of aryl methyl sites for hydroxylation is 1. The molecule has 1 rings (SSSR count). The van der Waals surface area contributed by atoms with E-state index in [2.05, 4.69) is 10.4 Å². The van der Waals surface area contributed by atoms with E-state index in [0.717, 1.165) is 0 Å². The second kappa shape index (κ2) is 6.70. The zero-order valence-corrected chi connectivity index (χ0v) is 12.4. The van der Waals surface area contributed by atoms with E-state index in [0.29, 0.717) is 18.7 Å². The van der Waals surface area contributed by atoms with E-state index in [4.69, 9.17) is 0 Å². The van der Waals surface area contributed by atoms with Crippen LogP contribution in [0.15, 0.2) is 17.1 Å². The average Bonchev–Trinajstić information content (AvgIpc) is 2.31. The lowest BCUT2D eigenvalue weighted by Crippen LogP contribution is -2.24. The number of nitrogens with one attached hydrogen (secondary N) is 1. The number of rotatable bonds is 7. The third kappa shape index (κ3) is 5.42. The minimum Gasteiger partial charge on any atom is -0.381 e. The highest BCUT2D eigenvalue weighted by atomic mass is 32.2. The van der Waals surface area contributed by atoms with Gasteiger partial charge in [-0.05, 0) is 20.3 Å². The molecule has 7 heteroatoms. The van der Waals surface area contributed by atoms with E-state index in [9.17, 15) is 13.2 Å². The second-order valence-electron chi connectivity index (χ2n) is 4.69. The van der Waals surface area contributed by atoms with Gasteiger partial charge in [-0.2, -0.15) is 5.10 Å². The maximum Gasteiger partial charge on any atom is 0.268 e. The topological polar surface area (TPSA) is 81.1 Å². The molecule has 0 aliphatic heterocycles. The van der Waals surface area contributed by atoms with Crippen molar-refractivity contribution >= 4 is 15.5 Å². The van der Waals surface area contributed by atoms with Crippen LogP contribution in [0.4, 0.5) is 5.69 Å². The highest BCUT2D eigenvalue weighted by molar-refractivity contribution is 7.91. The Morgan fingerprint density at radius 3 is 2.63 bits per heavy atom. The Kier molecular flexibility index (Phi) is 5.53. The van der Waals surface area contributed by atoms with E-state index in [1.54, 1.807) is 13.1 Å². The standard InChI is InChI=1S/C12H21N3O3S/c1-4-19(17,18)7-5-6-15-12(16)8-11(9-13-15)14-10(2)3/h8-10,14H,4-7H2,1-3H3. The highest BCUT2D eigenvalue weighted by Gasteiger charge is 2.08. The predicted molar refractivity (Wildman–Crippen MR) is 76.2 cm³/mol. The largest absolute Gasteiger partial charge is 0.381 e. The van der Waals surface area contributed by atoms with Crippen LogP contribution in [0.25, 0.3) is 0 Å². The molecule has 0 aliphatic carbocycles. The zero-order chi connectivity index (χ0) is 14.5. The van der Waals surface area contributed by atoms with Gasteiger partial charge < -0.3 is 5.32 Å². The molecule has 0 bridgehead atoms. The number of anilines is 1. The van der Waals surface area contributed by atoms with E-state index < -0.39 is 9.84 Å². The van der Waals surface area contributed by atoms with Gasteiger partial charge >= 0.3 is 0 Å². The van der Waals surface area contributed by atoms with Crippen LogP contribution in [0.5, 0.6) is 0 Å². The third-order valence-electron chi connectivity index (χ3n) is 2.59. The zero-order valence-electron chi connectivity index (χ0n) is 11.6. The maximum atomic E-state index is 11.8. The second-order valence-corrected chi connectivity index (χ2v) is 7.17. The molecule has 1 aromatic heterocycles. The van der Waals surface area contributed by atoms with Crippen LogP contribution in [0.2, 0.25) is 0 Å². The first-order chi connectivity index (χ1) is 8.84. The van der Waals surface area contributed by atoms with Gasteiger partial charge in [-0.3, -0.25) is 4.79 Å². The lowest BCUT2D eigenvalue weighted by atomic mass is 10.3. The Morgan fingerprint density at radius 1 is 1.42 bits per heavy atom. The summed E-state index contributed by atoms with van der Waals surface area (Å²) in [6.45, 7) is 5.88. The molecule has 0 aliphatic rings. The van der Waals surface area contributed by atoms with Crippen LogP contribution in [-0.2, 0) is 16.4 Å². The van der Waals surface area contributed by atoms with Crippen molar-refractivity contribution in [2.75, 3.05) is 16.8 Å². The molecule has 0 spiro atoms. The van der Waals surface area contributed by atoms with E-state index in [-0.39, 0.29) is 23.1 Å². The molecule has 0 radical (unpaired) electrons. The summed E-state index contributed by atoms with van der Waals surface area (Å²) in [5, 5.41) is 7.11. The van der Waals surface area contributed by atoms with Crippen molar-refractivity contribution < 1.29 is 8.42 Å². The van der Waals surface area contributed by atoms with E-state index in [1.807, 2.05) is 13.8 Å². The first kappa shape index (κ1) is 15.7. The van der Waals surface area contributed by atoms with Gasteiger partial charge in [0.2, 0.25) is 0 Å². The fraction of sp³-hybridized carbons (Fsp3) is 0.667. The first-order valence-corrected chi connectivity index (χ1v) is 8.20. The summed E-state index contributed by atoms with van der Waals surface area (Å²) in [6, 6.07) is 1.70. The third-order valence-corrected chi connectivity index (χ3v) is 4.38. The molecule has 0 fully saturated rings. The molecule has 1 heterocycles. The molecule has 6 nitrogen and oxygen atoms in total. The van der Waals surface area contributed by atoms with E-state index in [1.165, 1.54) is 10.7 Å². The maximum absolute atomic E-state index is 11.8. The quantitative estimate of drug-likeness (QED) is 0.805. The molecule has 0 saturated carbocycles. The number of hydrogen-bond donors (Lipinski definition) is 1. The van der Waals surface area contributed by atoms with Crippen LogP contribution in [0, 0.1) is 0 Å². The Morgan fingerprint density at radius 2 is 2.11 bits per heavy atom. The summed E-state index contributed by atoms with van der Waals surface area (Å²) < 4.78 is 24.0. The highest BCUT2D eigenvalue weighted by Crippen LogP contribution is 2.02. The smallest absolute Gasteiger partial charge is 0.268 e. The Labute approximate surface area is 113 Å². The van der Waals surface area contributed by atoms with Crippen LogP contribution in [0.1, 0.15) is 27.2 Å². The Bertz CT molecular complexity index is 564. The van der Waals surface area contributed by atoms with Crippen molar-refractivity contribution in [3.8, 4) is 0 Å². The van der Waals surface area contributed by atoms with Crippen LogP contribution >= 0.6 is 0 Å². The molecule has 19 heavy (non-hydrogen) atoms. The minimum atomic E-state index is -2.98. The molecule has 0 amide bonds. The van der Waals surface area contributed by atoms with Crippen molar-refractivity contribution in [2.45, 2.75) is 39.8 Å². The Hall–Kier alpha value is -1.37. The monoisotopic (exact) mass is 287 g/mol. The van der Waals surface area contributed by atoms with E-state index >= 15 is 0 Å². The van der Waals surface area contributed by atoms with Gasteiger partial charge in [-0.25, -0.2) is 13.1 Å². The van der Waals surface area contributed by atoms with Gasteiger partial charge in [-0.15, -0.1) is 0 Å². The van der Waals surface area contributed by atoms with Gasteiger partial charge in [0.05, 0.1) is 17.6 Å². The summed E-state index contributed by atoms with van der Waals surface area (Å²) in [7, 11) is -2.98. The summed E-state index contributed by atoms with van der Waals surface area (Å²) >= 11 is 0. The number of aromatic nitrogens is 2. The molecule has 0 atom stereocenters. The van der Waals surface area contributed by atoms with Gasteiger partial charge in [0, 0.05) is 24.4 Å². The molecular formula is C12H21N3O3S. The summed E-state index contributed by atoms with van der Waals surface area (Å²) in [4.78, 5) is 11.8. The predicted octanol–water partition coefficient (Wildman–Crippen LogP) is 0.888. The number of hydrogen-bond acceptors (Lipinski definition) is 5. The fourth-order valence-corrected chi connectivity index (χ4v) is 2.45. The lowest BCUT2D eigenvalue weighted by Gasteiger charge is -2.10. The fourth-order valence-electron chi connectivity index (χ4n) is 1.59. The van der Waals surface area contributed by atoms with Crippen molar-refractivity contribution in [3.63, 3.8) is 0 Å². The van der Waals surface area contributed by atoms with Gasteiger partial charge in [0.25, 0.3) is 5.56 Å². The molecular weight excluding hydrogens is 266 g/mol. The average molecular weight is 287 g/mol. The molecule has 0 unspecified atom stereocenters. The SMILES string of the molecule is CCS(=O)(=O)CCCn1ncc(NC(C)C)cc1=O. The summed E-state index contributed by atoms with van der Waals surface area (Å²) in [5.41, 5.74) is 0.456. The van der Waals surface area contributed by atoms with Crippen molar-refractivity contribution in [3.05, 3.63) is 22.6 Å². The van der Waals surface area contributed by atoms with Gasteiger partial charge in [-0.1, -0.05) is 6.92 Å². The molecule has 1 aromatic rings. The molecule has 0 aromatic carbocycles. The molecule has 0 saturated heterocycles. The van der Waals surface area contributed by atoms with Crippen LogP contribution in [0.3, 0.4) is 0 Å². The van der Waals surface area contributed by atoms with Crippen LogP contribution < -0.4 is 10.9 Å². The van der Waals surface area contributed by atoms with Crippen molar-refractivity contribution in [1.82, 2.24) is 9.78 Å². The number of nitrogens with zero attached hydrogens (tertiary/aromatic N) is 2. The lowest BCUT2D eigenvalue weighted by molar-refractivity contribution is 0.555. The summed E-state index contributed by atoms with van der Waals surface area (Å²) in [6.07, 6.45) is 1.98. The van der Waals surface area contributed by atoms with Gasteiger partial charge in [0.1, 0.15) is 9.84 Å². The minimum absolute atomic E-state index is 0.0869. The Balaban J connectivity index is 2.63. The van der Waals surface area contributed by atoms with Crippen molar-refractivity contribution in [1.29, 1.82) is 0 Å². The molecule has 108 valence electrons. The van der Waals surface area contributed by atoms with Crippen LogP contribution in [-0.4, -0.2) is 35.7 Å². The summed E-state index contributed by atoms with van der Waals surface area (Å²) in [5.74, 6) is 0.218.